The number of cyclic esters (lactones) is 1. The number of methoxy groups -OCH3 is 1. The fourth-order valence-corrected chi connectivity index (χ4v) is 5.21. The molecule has 3 aromatic rings. The van der Waals surface area contributed by atoms with Crippen molar-refractivity contribution in [1.29, 1.82) is 0 Å². The molecular weight excluding hydrogens is 435 g/mol. The molecule has 0 aliphatic carbocycles. The Labute approximate surface area is 183 Å². The highest BCUT2D eigenvalue weighted by Crippen LogP contribution is 2.45. The highest BCUT2D eigenvalue weighted by molar-refractivity contribution is 7.30. The van der Waals surface area contributed by atoms with Crippen LogP contribution < -0.4 is 15.2 Å². The van der Waals surface area contributed by atoms with Gasteiger partial charge >= 0.3 is 14.2 Å². The van der Waals surface area contributed by atoms with E-state index >= 15 is 0 Å². The number of ether oxygens (including phenoxy) is 2. The Morgan fingerprint density at radius 3 is 2.75 bits per heavy atom. The van der Waals surface area contributed by atoms with Crippen LogP contribution >= 0.6 is 8.25 Å². The van der Waals surface area contributed by atoms with Crippen molar-refractivity contribution in [2.24, 2.45) is 0 Å². The molecule has 2 aliphatic rings. The van der Waals surface area contributed by atoms with Gasteiger partial charge in [-0.15, -0.1) is 4.52 Å². The summed E-state index contributed by atoms with van der Waals surface area (Å²) < 4.78 is 29.0. The van der Waals surface area contributed by atoms with E-state index in [9.17, 15) is 19.0 Å². The minimum absolute atomic E-state index is 0.0222. The molecule has 1 unspecified atom stereocenters. The summed E-state index contributed by atoms with van der Waals surface area (Å²) in [5.41, 5.74) is 1.62. The van der Waals surface area contributed by atoms with Crippen molar-refractivity contribution in [2.75, 3.05) is 7.11 Å². The number of fused-ring (bicyclic) bond motifs is 5. The molecule has 0 saturated heterocycles. The molecule has 9 nitrogen and oxygen atoms in total. The third kappa shape index (κ3) is 2.75. The Morgan fingerprint density at radius 1 is 1.28 bits per heavy atom. The van der Waals surface area contributed by atoms with Gasteiger partial charge in [0.1, 0.15) is 12.4 Å². The molecule has 0 spiro atoms. The molecule has 0 amide bonds. The van der Waals surface area contributed by atoms with E-state index in [4.69, 9.17) is 19.0 Å². The Bertz CT molecular complexity index is 1400. The average Bonchev–Trinajstić information content (AvgIpc) is 3.12. The van der Waals surface area contributed by atoms with Crippen LogP contribution in [0.2, 0.25) is 0 Å². The first-order valence-electron chi connectivity index (χ1n) is 10.1. The van der Waals surface area contributed by atoms with Crippen molar-refractivity contribution < 1.29 is 28.3 Å². The van der Waals surface area contributed by atoms with Crippen LogP contribution in [0.5, 0.6) is 5.75 Å². The lowest BCUT2D eigenvalue weighted by atomic mass is 9.86. The maximum Gasteiger partial charge on any atom is 0.490 e. The topological polar surface area (TPSA) is 120 Å². The van der Waals surface area contributed by atoms with E-state index < -0.39 is 19.8 Å². The minimum Gasteiger partial charge on any atom is -0.566 e. The smallest absolute Gasteiger partial charge is 0.490 e. The van der Waals surface area contributed by atoms with Crippen LogP contribution in [0.4, 0.5) is 0 Å². The number of rotatable bonds is 4. The molecule has 10 heteroatoms. The number of carbonyl (C=O) groups is 1. The molecule has 5 rings (SSSR count). The van der Waals surface area contributed by atoms with E-state index in [1.807, 2.05) is 25.1 Å². The summed E-state index contributed by atoms with van der Waals surface area (Å²) in [6, 6.07) is 7.42. The molecule has 164 valence electrons. The first-order chi connectivity index (χ1) is 15.3. The Kier molecular flexibility index (Phi) is 4.67. The first kappa shape index (κ1) is 20.8. The highest BCUT2D eigenvalue weighted by Gasteiger charge is 2.52. The molecule has 0 fully saturated rings. The molecule has 32 heavy (non-hydrogen) atoms. The lowest BCUT2D eigenvalue weighted by Crippen LogP contribution is -2.45. The summed E-state index contributed by atoms with van der Waals surface area (Å²) >= 11 is 0. The van der Waals surface area contributed by atoms with E-state index in [0.29, 0.717) is 22.7 Å². The van der Waals surface area contributed by atoms with E-state index in [1.54, 1.807) is 24.7 Å². The van der Waals surface area contributed by atoms with Gasteiger partial charge in [0.05, 0.1) is 36.1 Å². The summed E-state index contributed by atoms with van der Waals surface area (Å²) in [5.74, 6) is -0.212. The number of carbonyl (C=O) groups excluding carboxylic acids is 1. The van der Waals surface area contributed by atoms with Crippen LogP contribution in [-0.2, 0) is 37.4 Å². The van der Waals surface area contributed by atoms with Gasteiger partial charge in [-0.2, -0.15) is 0 Å². The van der Waals surface area contributed by atoms with Crippen LogP contribution in [-0.4, -0.2) is 22.6 Å². The number of benzene rings is 1. The molecule has 1 aromatic carbocycles. The van der Waals surface area contributed by atoms with Crippen molar-refractivity contribution in [3.63, 3.8) is 0 Å². The van der Waals surface area contributed by atoms with Crippen molar-refractivity contribution in [3.05, 3.63) is 56.9 Å². The van der Waals surface area contributed by atoms with Crippen molar-refractivity contribution in [1.82, 2.24) is 9.55 Å². The number of pyridine rings is 2. The van der Waals surface area contributed by atoms with Crippen molar-refractivity contribution in [3.8, 4) is 17.1 Å². The van der Waals surface area contributed by atoms with Gasteiger partial charge in [0, 0.05) is 16.5 Å². The second kappa shape index (κ2) is 7.20. The third-order valence-electron chi connectivity index (χ3n) is 6.19. The number of hydrogen-bond donors (Lipinski definition) is 0. The molecule has 0 saturated carbocycles. The molecule has 2 aromatic heterocycles. The van der Waals surface area contributed by atoms with Gasteiger partial charge < -0.3 is 18.9 Å². The normalized spacial score (nSPS) is 19.2. The number of esters is 1. The van der Waals surface area contributed by atoms with E-state index in [-0.39, 0.29) is 36.3 Å². The van der Waals surface area contributed by atoms with Crippen LogP contribution in [0.15, 0.2) is 29.1 Å². The predicted octanol–water partition coefficient (Wildman–Crippen LogP) is 2.44. The molecular formula is C22H19N2O7P. The predicted molar refractivity (Wildman–Crippen MR) is 112 cm³/mol. The molecule has 4 heterocycles. The average molecular weight is 454 g/mol. The lowest BCUT2D eigenvalue weighted by molar-refractivity contribution is -0.207. The zero-order valence-electron chi connectivity index (χ0n) is 17.6. The first-order valence-corrected chi connectivity index (χ1v) is 11.2. The molecule has 2 aliphatic heterocycles. The third-order valence-corrected chi connectivity index (χ3v) is 6.65. The summed E-state index contributed by atoms with van der Waals surface area (Å²) in [6.45, 7) is 3.56. The van der Waals surface area contributed by atoms with Crippen molar-refractivity contribution >= 4 is 25.1 Å². The van der Waals surface area contributed by atoms with Crippen molar-refractivity contribution in [2.45, 2.75) is 39.0 Å². The van der Waals surface area contributed by atoms with Crippen LogP contribution in [0.1, 0.15) is 35.6 Å². The van der Waals surface area contributed by atoms with Gasteiger partial charge in [0.15, 0.2) is 0 Å². The van der Waals surface area contributed by atoms with E-state index in [1.165, 1.54) is 0 Å². The number of aryl methyl sites for hydroxylation is 1. The maximum absolute atomic E-state index is 13.4. The standard InChI is InChI=1S/C22H19N2O7P/c1-4-22(31-32(27)28)15-8-17-18-13(9-24(17)20(25)14(15)10-30-21(22)26)19(29-3)12-7-11(2)5-6-16(12)23-18/h5-8H,4,9-10H2,1-3H3/t22-/m0/s1. The van der Waals surface area contributed by atoms with Crippen LogP contribution in [0.25, 0.3) is 22.3 Å². The highest BCUT2D eigenvalue weighted by atomic mass is 31.1. The zero-order valence-corrected chi connectivity index (χ0v) is 18.5. The number of aromatic nitrogens is 2. The summed E-state index contributed by atoms with van der Waals surface area (Å²) in [5, 5.41) is 0.838. The van der Waals surface area contributed by atoms with Gasteiger partial charge in [0.2, 0.25) is 5.60 Å². The largest absolute Gasteiger partial charge is 0.566 e. The van der Waals surface area contributed by atoms with Gasteiger partial charge in [-0.1, -0.05) is 18.6 Å². The quantitative estimate of drug-likeness (QED) is 0.341. The molecule has 0 N–H and O–H groups in total. The SMILES string of the molecule is CC[C@@]1(O[P+](=O)[O-])C(=O)OCc2c1cc1n(c2=O)Cc2c-1nc1ccc(C)cc1c2OC. The minimum atomic E-state index is -3.38. The molecule has 0 bridgehead atoms. The summed E-state index contributed by atoms with van der Waals surface area (Å²) in [4.78, 5) is 42.3. The van der Waals surface area contributed by atoms with E-state index in [2.05, 4.69) is 0 Å². The van der Waals surface area contributed by atoms with Gasteiger partial charge in [-0.05, 0) is 36.1 Å². The lowest BCUT2D eigenvalue weighted by Gasteiger charge is -2.31. The van der Waals surface area contributed by atoms with Gasteiger partial charge in [0.25, 0.3) is 5.56 Å². The van der Waals surface area contributed by atoms with Crippen LogP contribution in [0, 0.1) is 6.92 Å². The maximum atomic E-state index is 13.4. The Morgan fingerprint density at radius 2 is 2.06 bits per heavy atom. The van der Waals surface area contributed by atoms with Crippen LogP contribution in [0.3, 0.4) is 0 Å². The van der Waals surface area contributed by atoms with E-state index in [0.717, 1.165) is 16.5 Å². The molecule has 0 radical (unpaired) electrons. The van der Waals surface area contributed by atoms with Gasteiger partial charge in [-0.3, -0.25) is 4.79 Å². The fraction of sp³-hybridized carbons (Fsp3) is 0.318. The second-order valence-corrected chi connectivity index (χ2v) is 8.51. The zero-order chi connectivity index (χ0) is 22.8. The second-order valence-electron chi connectivity index (χ2n) is 7.88. The monoisotopic (exact) mass is 454 g/mol. The number of hydrogen-bond acceptors (Lipinski definition) is 8. The molecule has 2 atom stereocenters. The Balaban J connectivity index is 1.82. The number of nitrogens with zero attached hydrogens (tertiary/aromatic N) is 2. The summed E-state index contributed by atoms with van der Waals surface area (Å²) in [6.07, 6.45) is -0.0222. The van der Waals surface area contributed by atoms with Gasteiger partial charge in [-0.25, -0.2) is 9.78 Å². The summed E-state index contributed by atoms with van der Waals surface area (Å²) in [7, 11) is -1.81. The fourth-order valence-electron chi connectivity index (χ4n) is 4.66. The Hall–Kier alpha value is -3.13.